The fraction of sp³-hybridized carbons (Fsp3) is 0.250. The standard InChI is InChI=1S/C12H15N3O2S2/c1-7-4-10(13)5-8(2)11(7)19(16,17)15-12-14-6-9(3)18-12/h4-6H,13H2,1-3H3,(H,14,15). The first-order valence-electron chi connectivity index (χ1n) is 5.61. The van der Waals surface area contributed by atoms with Crippen molar-refractivity contribution in [1.29, 1.82) is 0 Å². The number of nitrogens with zero attached hydrogens (tertiary/aromatic N) is 1. The van der Waals surface area contributed by atoms with E-state index in [-0.39, 0.29) is 4.90 Å². The summed E-state index contributed by atoms with van der Waals surface area (Å²) in [6.45, 7) is 5.32. The second-order valence-corrected chi connectivity index (χ2v) is 7.22. The van der Waals surface area contributed by atoms with Crippen molar-refractivity contribution >= 4 is 32.2 Å². The highest BCUT2D eigenvalue weighted by Gasteiger charge is 2.21. The minimum Gasteiger partial charge on any atom is -0.399 e. The molecule has 0 spiro atoms. The average molecular weight is 297 g/mol. The van der Waals surface area contributed by atoms with Gasteiger partial charge in [0.1, 0.15) is 0 Å². The second kappa shape index (κ2) is 4.82. The lowest BCUT2D eigenvalue weighted by Crippen LogP contribution is -2.15. The van der Waals surface area contributed by atoms with Gasteiger partial charge in [0.05, 0.1) is 4.90 Å². The predicted molar refractivity (Wildman–Crippen MR) is 78.0 cm³/mol. The van der Waals surface area contributed by atoms with Gasteiger partial charge in [-0.1, -0.05) is 0 Å². The first kappa shape index (κ1) is 13.8. The van der Waals surface area contributed by atoms with Gasteiger partial charge in [0, 0.05) is 16.8 Å². The number of hydrogen-bond acceptors (Lipinski definition) is 5. The third-order valence-corrected chi connectivity index (χ3v) is 5.20. The zero-order valence-electron chi connectivity index (χ0n) is 10.9. The third-order valence-electron chi connectivity index (χ3n) is 2.59. The van der Waals surface area contributed by atoms with Gasteiger partial charge in [0.15, 0.2) is 5.13 Å². The topological polar surface area (TPSA) is 85.1 Å². The highest BCUT2D eigenvalue weighted by molar-refractivity contribution is 7.93. The summed E-state index contributed by atoms with van der Waals surface area (Å²) < 4.78 is 27.3. The van der Waals surface area contributed by atoms with E-state index in [1.807, 2.05) is 6.92 Å². The molecule has 0 saturated carbocycles. The number of benzene rings is 1. The number of nitrogen functional groups attached to an aromatic ring is 1. The van der Waals surface area contributed by atoms with Crippen LogP contribution in [0.4, 0.5) is 10.8 Å². The van der Waals surface area contributed by atoms with Gasteiger partial charge in [-0.2, -0.15) is 0 Å². The molecule has 0 aliphatic heterocycles. The van der Waals surface area contributed by atoms with Gasteiger partial charge in [0.2, 0.25) is 0 Å². The van der Waals surface area contributed by atoms with Crippen LogP contribution >= 0.6 is 11.3 Å². The number of sulfonamides is 1. The molecule has 0 unspecified atom stereocenters. The maximum atomic E-state index is 12.4. The van der Waals surface area contributed by atoms with Crippen LogP contribution in [-0.2, 0) is 10.0 Å². The maximum Gasteiger partial charge on any atom is 0.264 e. The molecular formula is C12H15N3O2S2. The van der Waals surface area contributed by atoms with Crippen LogP contribution in [0.5, 0.6) is 0 Å². The van der Waals surface area contributed by atoms with Crippen molar-refractivity contribution in [3.8, 4) is 0 Å². The Labute approximate surface area is 116 Å². The van der Waals surface area contributed by atoms with Gasteiger partial charge in [-0.15, -0.1) is 11.3 Å². The summed E-state index contributed by atoms with van der Waals surface area (Å²) in [5.74, 6) is 0. The molecule has 2 aromatic rings. The Morgan fingerprint density at radius 3 is 2.26 bits per heavy atom. The first-order valence-corrected chi connectivity index (χ1v) is 7.91. The molecule has 0 amide bonds. The van der Waals surface area contributed by atoms with E-state index >= 15 is 0 Å². The van der Waals surface area contributed by atoms with Crippen LogP contribution in [0.3, 0.4) is 0 Å². The van der Waals surface area contributed by atoms with Crippen molar-refractivity contribution in [3.63, 3.8) is 0 Å². The van der Waals surface area contributed by atoms with Gasteiger partial charge < -0.3 is 5.73 Å². The summed E-state index contributed by atoms with van der Waals surface area (Å²) in [7, 11) is -3.64. The zero-order valence-corrected chi connectivity index (χ0v) is 12.5. The minimum atomic E-state index is -3.64. The fourth-order valence-electron chi connectivity index (χ4n) is 1.98. The molecule has 0 radical (unpaired) electrons. The molecule has 1 aromatic carbocycles. The molecule has 19 heavy (non-hydrogen) atoms. The van der Waals surface area contributed by atoms with Gasteiger partial charge in [-0.3, -0.25) is 4.72 Å². The quantitative estimate of drug-likeness (QED) is 0.852. The average Bonchev–Trinajstić information content (AvgIpc) is 2.60. The highest BCUT2D eigenvalue weighted by atomic mass is 32.2. The lowest BCUT2D eigenvalue weighted by atomic mass is 10.1. The van der Waals surface area contributed by atoms with E-state index in [0.29, 0.717) is 21.9 Å². The molecule has 5 nitrogen and oxygen atoms in total. The molecule has 0 atom stereocenters. The van der Waals surface area contributed by atoms with Crippen LogP contribution in [0, 0.1) is 20.8 Å². The highest BCUT2D eigenvalue weighted by Crippen LogP contribution is 2.26. The third kappa shape index (κ3) is 2.87. The monoisotopic (exact) mass is 297 g/mol. The molecular weight excluding hydrogens is 282 g/mol. The number of hydrogen-bond donors (Lipinski definition) is 2. The van der Waals surface area contributed by atoms with Gasteiger partial charge in [0.25, 0.3) is 10.0 Å². The van der Waals surface area contributed by atoms with E-state index in [4.69, 9.17) is 5.73 Å². The Morgan fingerprint density at radius 2 is 1.79 bits per heavy atom. The molecule has 1 heterocycles. The van der Waals surface area contributed by atoms with Crippen molar-refractivity contribution in [3.05, 3.63) is 34.3 Å². The summed E-state index contributed by atoms with van der Waals surface area (Å²) in [5, 5.41) is 0.369. The summed E-state index contributed by atoms with van der Waals surface area (Å²) in [6, 6.07) is 3.29. The van der Waals surface area contributed by atoms with Crippen molar-refractivity contribution in [2.45, 2.75) is 25.7 Å². The lowest BCUT2D eigenvalue weighted by molar-refractivity contribution is 0.600. The number of aromatic nitrogens is 1. The maximum absolute atomic E-state index is 12.4. The summed E-state index contributed by atoms with van der Waals surface area (Å²) in [5.41, 5.74) is 7.50. The first-order chi connectivity index (χ1) is 8.79. The Morgan fingerprint density at radius 1 is 1.21 bits per heavy atom. The van der Waals surface area contributed by atoms with E-state index < -0.39 is 10.0 Å². The Balaban J connectivity index is 2.45. The zero-order chi connectivity index (χ0) is 14.2. The number of thiazole rings is 1. The lowest BCUT2D eigenvalue weighted by Gasteiger charge is -2.12. The van der Waals surface area contributed by atoms with E-state index in [9.17, 15) is 8.42 Å². The SMILES string of the molecule is Cc1cnc(NS(=O)(=O)c2c(C)cc(N)cc2C)s1. The number of nitrogens with two attached hydrogens (primary N) is 1. The number of aryl methyl sites for hydroxylation is 3. The van der Waals surface area contributed by atoms with Crippen molar-refractivity contribution in [2.24, 2.45) is 0 Å². The smallest absolute Gasteiger partial charge is 0.264 e. The molecule has 0 aliphatic rings. The Hall–Kier alpha value is -1.60. The van der Waals surface area contributed by atoms with Crippen LogP contribution in [0.25, 0.3) is 0 Å². The number of anilines is 2. The van der Waals surface area contributed by atoms with E-state index in [1.54, 1.807) is 32.2 Å². The number of rotatable bonds is 3. The molecule has 0 aliphatic carbocycles. The van der Waals surface area contributed by atoms with Crippen molar-refractivity contribution < 1.29 is 8.42 Å². The summed E-state index contributed by atoms with van der Waals surface area (Å²) in [6.07, 6.45) is 1.63. The molecule has 2 rings (SSSR count). The molecule has 0 saturated heterocycles. The molecule has 0 bridgehead atoms. The van der Waals surface area contributed by atoms with E-state index in [0.717, 1.165) is 4.88 Å². The normalized spacial score (nSPS) is 11.5. The second-order valence-electron chi connectivity index (χ2n) is 4.37. The van der Waals surface area contributed by atoms with E-state index in [2.05, 4.69) is 9.71 Å². The molecule has 3 N–H and O–H groups in total. The van der Waals surface area contributed by atoms with Gasteiger partial charge >= 0.3 is 0 Å². The number of nitrogens with one attached hydrogen (secondary N) is 1. The van der Waals surface area contributed by atoms with Crippen molar-refractivity contribution in [2.75, 3.05) is 10.5 Å². The van der Waals surface area contributed by atoms with Crippen LogP contribution in [-0.4, -0.2) is 13.4 Å². The predicted octanol–water partition coefficient (Wildman–Crippen LogP) is 2.45. The fourth-order valence-corrected chi connectivity index (χ4v) is 4.34. The molecule has 102 valence electrons. The van der Waals surface area contributed by atoms with E-state index in [1.165, 1.54) is 11.3 Å². The van der Waals surface area contributed by atoms with Crippen LogP contribution in [0.15, 0.2) is 23.2 Å². The van der Waals surface area contributed by atoms with Crippen LogP contribution in [0.2, 0.25) is 0 Å². The Kier molecular flexibility index (Phi) is 3.51. The summed E-state index contributed by atoms with van der Waals surface area (Å²) in [4.78, 5) is 5.21. The van der Waals surface area contributed by atoms with Gasteiger partial charge in [-0.05, 0) is 44.0 Å². The van der Waals surface area contributed by atoms with Crippen molar-refractivity contribution in [1.82, 2.24) is 4.98 Å². The molecule has 7 heteroatoms. The van der Waals surface area contributed by atoms with Crippen LogP contribution in [0.1, 0.15) is 16.0 Å². The molecule has 0 fully saturated rings. The largest absolute Gasteiger partial charge is 0.399 e. The minimum absolute atomic E-state index is 0.259. The summed E-state index contributed by atoms with van der Waals surface area (Å²) >= 11 is 1.30. The Bertz CT molecular complexity index is 697. The molecule has 1 aromatic heterocycles. The van der Waals surface area contributed by atoms with Crippen LogP contribution < -0.4 is 10.5 Å². The van der Waals surface area contributed by atoms with Gasteiger partial charge in [-0.25, -0.2) is 13.4 Å².